The van der Waals surface area contributed by atoms with Crippen molar-refractivity contribution in [2.75, 3.05) is 26.4 Å². The van der Waals surface area contributed by atoms with Crippen molar-refractivity contribution in [3.63, 3.8) is 0 Å². The highest BCUT2D eigenvalue weighted by Gasteiger charge is 1.64. The van der Waals surface area contributed by atoms with Crippen LogP contribution in [-0.2, 0) is 4.74 Å². The molecule has 0 saturated heterocycles. The van der Waals surface area contributed by atoms with Gasteiger partial charge < -0.3 is 27.3 Å². The molecular formula is C8H26N2O3. The minimum atomic E-state index is -0.125. The molecule has 0 amide bonds. The summed E-state index contributed by atoms with van der Waals surface area (Å²) >= 11 is 0. The van der Waals surface area contributed by atoms with E-state index in [0.29, 0.717) is 0 Å². The monoisotopic (exact) mass is 198 g/mol. The zero-order valence-electron chi connectivity index (χ0n) is 8.96. The van der Waals surface area contributed by atoms with Crippen LogP contribution in [0.15, 0.2) is 13.2 Å². The lowest BCUT2D eigenvalue weighted by atomic mass is 10.8. The van der Waals surface area contributed by atoms with Crippen LogP contribution in [0, 0.1) is 0 Å². The third-order valence-corrected chi connectivity index (χ3v) is 0.508. The van der Waals surface area contributed by atoms with Gasteiger partial charge in [-0.15, -0.1) is 13.2 Å². The van der Waals surface area contributed by atoms with Gasteiger partial charge in [-0.3, -0.25) is 0 Å². The average Bonchev–Trinajstić information content (AvgIpc) is 2.10. The van der Waals surface area contributed by atoms with E-state index in [1.165, 1.54) is 0 Å². The molecule has 0 atom stereocenters. The molecule has 0 aliphatic rings. The summed E-state index contributed by atoms with van der Waals surface area (Å²) in [5, 5.41) is 15.2. The highest BCUT2D eigenvalue weighted by molar-refractivity contribution is 4.22. The molecule has 0 rings (SSSR count). The Morgan fingerprint density at radius 1 is 0.923 bits per heavy atom. The lowest BCUT2D eigenvalue weighted by Crippen LogP contribution is -1.85. The summed E-state index contributed by atoms with van der Waals surface area (Å²) in [6, 6.07) is 0. The highest BCUT2D eigenvalue weighted by atomic mass is 16.5. The molecular weight excluding hydrogens is 172 g/mol. The van der Waals surface area contributed by atoms with E-state index in [0.717, 1.165) is 13.2 Å². The molecule has 5 nitrogen and oxygen atoms in total. The molecule has 0 unspecified atom stereocenters. The normalized spacial score (nSPS) is 5.85. The van der Waals surface area contributed by atoms with Crippen molar-refractivity contribution < 1.29 is 14.9 Å². The van der Waals surface area contributed by atoms with Gasteiger partial charge in [0.1, 0.15) is 0 Å². The Hall–Kier alpha value is -0.460. The zero-order chi connectivity index (χ0) is 9.54. The lowest BCUT2D eigenvalue weighted by Gasteiger charge is -1.86. The SMILES string of the molecule is C=C.CCOCC.N.N.OCCO. The summed E-state index contributed by atoms with van der Waals surface area (Å²) in [7, 11) is 0. The van der Waals surface area contributed by atoms with E-state index in [4.69, 9.17) is 14.9 Å². The van der Waals surface area contributed by atoms with Crippen molar-refractivity contribution in [1.82, 2.24) is 12.3 Å². The lowest BCUT2D eigenvalue weighted by molar-refractivity contribution is 0.162. The van der Waals surface area contributed by atoms with Gasteiger partial charge in [0.15, 0.2) is 0 Å². The molecule has 0 saturated carbocycles. The van der Waals surface area contributed by atoms with Crippen LogP contribution < -0.4 is 12.3 Å². The minimum Gasteiger partial charge on any atom is -0.394 e. The minimum absolute atomic E-state index is 0. The Morgan fingerprint density at radius 2 is 1.15 bits per heavy atom. The average molecular weight is 198 g/mol. The van der Waals surface area contributed by atoms with Gasteiger partial charge in [-0.1, -0.05) is 0 Å². The smallest absolute Gasteiger partial charge is 0.0662 e. The molecule has 0 aromatic rings. The van der Waals surface area contributed by atoms with E-state index in [-0.39, 0.29) is 25.5 Å². The van der Waals surface area contributed by atoms with Crippen molar-refractivity contribution in [1.29, 1.82) is 0 Å². The fourth-order valence-electron chi connectivity index (χ4n) is 0.204. The van der Waals surface area contributed by atoms with Gasteiger partial charge in [-0.25, -0.2) is 0 Å². The summed E-state index contributed by atoms with van der Waals surface area (Å²) in [5.74, 6) is 0. The van der Waals surface area contributed by atoms with Crippen LogP contribution in [0.5, 0.6) is 0 Å². The molecule has 13 heavy (non-hydrogen) atoms. The molecule has 0 heterocycles. The molecule has 5 heteroatoms. The van der Waals surface area contributed by atoms with Gasteiger partial charge in [0, 0.05) is 13.2 Å². The van der Waals surface area contributed by atoms with E-state index in [1.807, 2.05) is 13.8 Å². The molecule has 0 aromatic heterocycles. The first-order chi connectivity index (χ1) is 5.33. The van der Waals surface area contributed by atoms with Gasteiger partial charge in [-0.2, -0.15) is 0 Å². The van der Waals surface area contributed by atoms with E-state index in [9.17, 15) is 0 Å². The fourth-order valence-corrected chi connectivity index (χ4v) is 0.204. The second-order valence-corrected chi connectivity index (χ2v) is 1.23. The molecule has 0 spiro atoms. The van der Waals surface area contributed by atoms with E-state index < -0.39 is 0 Å². The van der Waals surface area contributed by atoms with Gasteiger partial charge in [0.05, 0.1) is 13.2 Å². The highest BCUT2D eigenvalue weighted by Crippen LogP contribution is 1.64. The maximum Gasteiger partial charge on any atom is 0.0662 e. The number of ether oxygens (including phenoxy) is 1. The molecule has 86 valence electrons. The standard InChI is InChI=1S/C4H10O.C2H6O2.C2H4.2H3N/c1-3-5-4-2;3-1-2-4;1-2;;/h3-4H2,1-2H3;3-4H,1-2H2;1-2H2;2*1H3. The Labute approximate surface area is 81.6 Å². The number of aliphatic hydroxyl groups is 2. The van der Waals surface area contributed by atoms with Crippen LogP contribution in [0.3, 0.4) is 0 Å². The third kappa shape index (κ3) is 163. The predicted molar refractivity (Wildman–Crippen MR) is 57.6 cm³/mol. The van der Waals surface area contributed by atoms with Crippen LogP contribution in [-0.4, -0.2) is 36.6 Å². The first-order valence-corrected chi connectivity index (χ1v) is 3.62. The molecule has 0 bridgehead atoms. The van der Waals surface area contributed by atoms with Crippen molar-refractivity contribution in [3.8, 4) is 0 Å². The second-order valence-electron chi connectivity index (χ2n) is 1.23. The van der Waals surface area contributed by atoms with Crippen LogP contribution in [0.4, 0.5) is 0 Å². The Balaban J connectivity index is -0.0000000246. The van der Waals surface area contributed by atoms with Crippen LogP contribution in [0.25, 0.3) is 0 Å². The summed E-state index contributed by atoms with van der Waals surface area (Å²) in [6.45, 7) is 11.4. The van der Waals surface area contributed by atoms with Crippen molar-refractivity contribution in [2.24, 2.45) is 0 Å². The Morgan fingerprint density at radius 3 is 1.15 bits per heavy atom. The summed E-state index contributed by atoms with van der Waals surface area (Å²) in [4.78, 5) is 0. The van der Waals surface area contributed by atoms with Crippen LogP contribution in [0.1, 0.15) is 13.8 Å². The molecule has 0 aromatic carbocycles. The first kappa shape index (κ1) is 29.4. The number of hydrogen-bond acceptors (Lipinski definition) is 5. The van der Waals surface area contributed by atoms with Gasteiger partial charge in [0.2, 0.25) is 0 Å². The van der Waals surface area contributed by atoms with E-state index in [2.05, 4.69) is 13.2 Å². The van der Waals surface area contributed by atoms with Gasteiger partial charge in [-0.05, 0) is 13.8 Å². The molecule has 0 fully saturated rings. The number of rotatable bonds is 3. The fraction of sp³-hybridized carbons (Fsp3) is 0.750. The second kappa shape index (κ2) is 62.2. The Bertz CT molecular complexity index is 44.4. The number of aliphatic hydroxyl groups excluding tert-OH is 2. The van der Waals surface area contributed by atoms with Gasteiger partial charge in [0.25, 0.3) is 0 Å². The molecule has 0 radical (unpaired) electrons. The molecule has 0 aliphatic carbocycles. The quantitative estimate of drug-likeness (QED) is 0.507. The van der Waals surface area contributed by atoms with Crippen LogP contribution in [0.2, 0.25) is 0 Å². The largest absolute Gasteiger partial charge is 0.394 e. The van der Waals surface area contributed by atoms with Crippen molar-refractivity contribution in [3.05, 3.63) is 13.2 Å². The van der Waals surface area contributed by atoms with Gasteiger partial charge >= 0.3 is 0 Å². The summed E-state index contributed by atoms with van der Waals surface area (Å²) in [5.41, 5.74) is 0. The van der Waals surface area contributed by atoms with E-state index in [1.54, 1.807) is 0 Å². The summed E-state index contributed by atoms with van der Waals surface area (Å²) in [6.07, 6.45) is 0. The zero-order valence-corrected chi connectivity index (χ0v) is 8.96. The van der Waals surface area contributed by atoms with Crippen LogP contribution >= 0.6 is 0 Å². The summed E-state index contributed by atoms with van der Waals surface area (Å²) < 4.78 is 4.83. The van der Waals surface area contributed by atoms with Crippen molar-refractivity contribution >= 4 is 0 Å². The topological polar surface area (TPSA) is 120 Å². The third-order valence-electron chi connectivity index (χ3n) is 0.508. The maximum atomic E-state index is 7.62. The molecule has 0 aliphatic heterocycles. The predicted octanol–water partition coefficient (Wildman–Crippen LogP) is 1.14. The van der Waals surface area contributed by atoms with Crippen molar-refractivity contribution in [2.45, 2.75) is 13.8 Å². The Kier molecular flexibility index (Phi) is 141. The maximum absolute atomic E-state index is 7.62. The first-order valence-electron chi connectivity index (χ1n) is 3.62. The number of hydrogen-bond donors (Lipinski definition) is 4. The van der Waals surface area contributed by atoms with E-state index >= 15 is 0 Å². The molecule has 8 N–H and O–H groups in total.